The molecule has 1 aromatic rings. The number of nitrogens with zero attached hydrogens (tertiary/aromatic N) is 1. The van der Waals surface area contributed by atoms with Gasteiger partial charge in [0.05, 0.1) is 10.0 Å². The molecule has 1 aliphatic rings. The van der Waals surface area contributed by atoms with Crippen LogP contribution in [0.5, 0.6) is 0 Å². The van der Waals surface area contributed by atoms with Gasteiger partial charge in [0.25, 0.3) is 0 Å². The second kappa shape index (κ2) is 4.07. The minimum atomic E-state index is -0.760. The van der Waals surface area contributed by atoms with Gasteiger partial charge in [-0.2, -0.15) is 4.99 Å². The summed E-state index contributed by atoms with van der Waals surface area (Å²) in [6, 6.07) is 2.43. The third kappa shape index (κ3) is 1.70. The SMILES string of the molecule is O=C=NC1(c2cc(F)c(Br)c(F)c2)CCC1. The molecule has 1 fully saturated rings. The lowest BCUT2D eigenvalue weighted by Crippen LogP contribution is -2.32. The van der Waals surface area contributed by atoms with Crippen LogP contribution in [0.3, 0.4) is 0 Å². The van der Waals surface area contributed by atoms with Gasteiger partial charge >= 0.3 is 0 Å². The third-order valence-electron chi connectivity index (χ3n) is 2.96. The fourth-order valence-corrected chi connectivity index (χ4v) is 2.12. The van der Waals surface area contributed by atoms with Crippen molar-refractivity contribution in [3.63, 3.8) is 0 Å². The molecular formula is C11H8BrF2NO. The summed E-state index contributed by atoms with van der Waals surface area (Å²) in [7, 11) is 0. The highest BCUT2D eigenvalue weighted by atomic mass is 79.9. The molecule has 0 bridgehead atoms. The summed E-state index contributed by atoms with van der Waals surface area (Å²) in [5.41, 5.74) is -0.357. The molecule has 0 N–H and O–H groups in total. The fourth-order valence-electron chi connectivity index (χ4n) is 1.89. The van der Waals surface area contributed by atoms with E-state index in [0.29, 0.717) is 18.4 Å². The van der Waals surface area contributed by atoms with Crippen LogP contribution in [0.2, 0.25) is 0 Å². The van der Waals surface area contributed by atoms with Crippen molar-refractivity contribution in [3.05, 3.63) is 33.8 Å². The van der Waals surface area contributed by atoms with Crippen molar-refractivity contribution in [1.29, 1.82) is 0 Å². The Morgan fingerprint density at radius 3 is 2.25 bits per heavy atom. The van der Waals surface area contributed by atoms with E-state index in [0.717, 1.165) is 6.42 Å². The Morgan fingerprint density at radius 1 is 1.31 bits per heavy atom. The van der Waals surface area contributed by atoms with Crippen molar-refractivity contribution in [2.75, 3.05) is 0 Å². The lowest BCUT2D eigenvalue weighted by Gasteiger charge is -2.37. The molecule has 0 unspecified atom stereocenters. The standard InChI is InChI=1S/C11H8BrF2NO/c12-10-8(13)4-7(5-9(10)14)11(15-6-16)2-1-3-11/h4-5H,1-3H2. The average Bonchev–Trinajstić information content (AvgIpc) is 2.19. The molecule has 5 heteroatoms. The van der Waals surface area contributed by atoms with E-state index in [1.165, 1.54) is 18.2 Å². The van der Waals surface area contributed by atoms with Crippen LogP contribution < -0.4 is 0 Å². The summed E-state index contributed by atoms with van der Waals surface area (Å²) in [5, 5.41) is 0. The van der Waals surface area contributed by atoms with Crippen molar-refractivity contribution in [2.24, 2.45) is 4.99 Å². The van der Waals surface area contributed by atoms with Crippen LogP contribution in [0.4, 0.5) is 8.78 Å². The van der Waals surface area contributed by atoms with Gasteiger partial charge in [-0.3, -0.25) is 0 Å². The van der Waals surface area contributed by atoms with Gasteiger partial charge in [-0.05, 0) is 52.9 Å². The van der Waals surface area contributed by atoms with Crippen molar-refractivity contribution < 1.29 is 13.6 Å². The Hall–Kier alpha value is -1.06. The molecule has 2 rings (SSSR count). The molecule has 1 aromatic carbocycles. The minimum absolute atomic E-state index is 0.194. The Morgan fingerprint density at radius 2 is 1.88 bits per heavy atom. The normalized spacial score (nSPS) is 17.4. The van der Waals surface area contributed by atoms with Crippen molar-refractivity contribution >= 4 is 22.0 Å². The summed E-state index contributed by atoms with van der Waals surface area (Å²) >= 11 is 2.80. The number of benzene rings is 1. The Balaban J connectivity index is 2.51. The van der Waals surface area contributed by atoms with Gasteiger partial charge in [0.2, 0.25) is 6.08 Å². The van der Waals surface area contributed by atoms with Crippen LogP contribution in [0.1, 0.15) is 24.8 Å². The molecule has 0 saturated heterocycles. The van der Waals surface area contributed by atoms with Gasteiger partial charge in [0, 0.05) is 0 Å². The third-order valence-corrected chi connectivity index (χ3v) is 3.72. The zero-order valence-electron chi connectivity index (χ0n) is 8.27. The predicted octanol–water partition coefficient (Wildman–Crippen LogP) is 3.44. The number of halogens is 3. The first-order chi connectivity index (χ1) is 7.59. The van der Waals surface area contributed by atoms with Gasteiger partial charge < -0.3 is 0 Å². The van der Waals surface area contributed by atoms with Gasteiger partial charge in [-0.15, -0.1) is 0 Å². The second-order valence-corrected chi connectivity index (χ2v) is 4.64. The first-order valence-electron chi connectivity index (χ1n) is 4.83. The van der Waals surface area contributed by atoms with Crippen LogP contribution in [0.15, 0.2) is 21.6 Å². The Kier molecular flexibility index (Phi) is 2.91. The Bertz CT molecular complexity index is 456. The predicted molar refractivity (Wildman–Crippen MR) is 57.7 cm³/mol. The number of carbonyl (C=O) groups excluding carboxylic acids is 1. The quantitative estimate of drug-likeness (QED) is 0.465. The van der Waals surface area contributed by atoms with E-state index in [2.05, 4.69) is 20.9 Å². The molecule has 2 nitrogen and oxygen atoms in total. The highest BCUT2D eigenvalue weighted by molar-refractivity contribution is 9.10. The van der Waals surface area contributed by atoms with Gasteiger partial charge in [0.1, 0.15) is 11.6 Å². The maximum atomic E-state index is 13.3. The molecule has 0 radical (unpaired) electrons. The topological polar surface area (TPSA) is 29.4 Å². The highest BCUT2D eigenvalue weighted by Gasteiger charge is 2.39. The van der Waals surface area contributed by atoms with Crippen LogP contribution in [-0.4, -0.2) is 6.08 Å². The summed E-state index contributed by atoms with van der Waals surface area (Å²) in [4.78, 5) is 14.0. The van der Waals surface area contributed by atoms with Gasteiger partial charge in [-0.25, -0.2) is 13.6 Å². The van der Waals surface area contributed by atoms with E-state index in [-0.39, 0.29) is 4.47 Å². The van der Waals surface area contributed by atoms with E-state index < -0.39 is 17.2 Å². The molecule has 1 aliphatic carbocycles. The summed E-state index contributed by atoms with van der Waals surface area (Å²) in [6.45, 7) is 0. The molecule has 1 saturated carbocycles. The zero-order valence-corrected chi connectivity index (χ0v) is 9.85. The molecule has 0 amide bonds. The lowest BCUT2D eigenvalue weighted by atomic mass is 9.72. The lowest BCUT2D eigenvalue weighted by molar-refractivity contribution is 0.254. The molecule has 84 valence electrons. The molecule has 0 heterocycles. The van der Waals surface area contributed by atoms with E-state index in [1.54, 1.807) is 0 Å². The van der Waals surface area contributed by atoms with Crippen molar-refractivity contribution in [1.82, 2.24) is 0 Å². The molecule has 0 aliphatic heterocycles. The second-order valence-electron chi connectivity index (χ2n) is 3.84. The Labute approximate surface area is 99.5 Å². The maximum Gasteiger partial charge on any atom is 0.235 e. The first-order valence-corrected chi connectivity index (χ1v) is 5.62. The van der Waals surface area contributed by atoms with Crippen molar-refractivity contribution in [2.45, 2.75) is 24.8 Å². The van der Waals surface area contributed by atoms with Crippen LogP contribution >= 0.6 is 15.9 Å². The van der Waals surface area contributed by atoms with Gasteiger partial charge in [0.15, 0.2) is 0 Å². The zero-order chi connectivity index (χ0) is 11.8. The molecule has 0 spiro atoms. The van der Waals surface area contributed by atoms with Crippen LogP contribution in [-0.2, 0) is 10.3 Å². The van der Waals surface area contributed by atoms with E-state index >= 15 is 0 Å². The molecule has 0 aromatic heterocycles. The monoisotopic (exact) mass is 287 g/mol. The number of hydrogen-bond acceptors (Lipinski definition) is 2. The number of hydrogen-bond donors (Lipinski definition) is 0. The molecule has 16 heavy (non-hydrogen) atoms. The van der Waals surface area contributed by atoms with Gasteiger partial charge in [-0.1, -0.05) is 0 Å². The van der Waals surface area contributed by atoms with Crippen molar-refractivity contribution in [3.8, 4) is 0 Å². The maximum absolute atomic E-state index is 13.3. The first kappa shape index (κ1) is 11.4. The number of aliphatic imine (C=N–C) groups is 1. The van der Waals surface area contributed by atoms with E-state index in [1.807, 2.05) is 0 Å². The average molecular weight is 288 g/mol. The summed E-state index contributed by atoms with van der Waals surface area (Å²) in [5.74, 6) is -1.36. The largest absolute Gasteiger partial charge is 0.235 e. The fraction of sp³-hybridized carbons (Fsp3) is 0.364. The highest BCUT2D eigenvalue weighted by Crippen LogP contribution is 2.45. The molecular weight excluding hydrogens is 280 g/mol. The summed E-state index contributed by atoms with van der Waals surface area (Å²) < 4.78 is 26.5. The minimum Gasteiger partial charge on any atom is -0.211 e. The summed E-state index contributed by atoms with van der Waals surface area (Å²) in [6.07, 6.45) is 3.63. The smallest absolute Gasteiger partial charge is 0.211 e. The van der Waals surface area contributed by atoms with E-state index in [4.69, 9.17) is 0 Å². The number of isocyanates is 1. The van der Waals surface area contributed by atoms with E-state index in [9.17, 15) is 13.6 Å². The van der Waals surface area contributed by atoms with Crippen LogP contribution in [0, 0.1) is 11.6 Å². The number of rotatable bonds is 2. The van der Waals surface area contributed by atoms with Crippen LogP contribution in [0.25, 0.3) is 0 Å². The molecule has 0 atom stereocenters.